The van der Waals surface area contributed by atoms with Crippen molar-refractivity contribution in [2.24, 2.45) is 5.92 Å². The molecule has 0 spiro atoms. The molecule has 0 aliphatic carbocycles. The minimum absolute atomic E-state index is 0.159. The summed E-state index contributed by atoms with van der Waals surface area (Å²) in [7, 11) is 0. The Balaban J connectivity index is 2.59. The lowest BCUT2D eigenvalue weighted by atomic mass is 10.0. The highest BCUT2D eigenvalue weighted by molar-refractivity contribution is 5.30. The summed E-state index contributed by atoms with van der Waals surface area (Å²) in [5, 5.41) is 3.28. The first-order chi connectivity index (χ1) is 10.1. The first kappa shape index (κ1) is 18.0. The minimum atomic E-state index is -0.261. The van der Waals surface area contributed by atoms with E-state index in [-0.39, 0.29) is 11.9 Å². The van der Waals surface area contributed by atoms with Gasteiger partial charge in [-0.15, -0.1) is 0 Å². The second kappa shape index (κ2) is 9.78. The zero-order chi connectivity index (χ0) is 15.7. The molecule has 2 nitrogen and oxygen atoms in total. The monoisotopic (exact) mass is 295 g/mol. The van der Waals surface area contributed by atoms with Crippen molar-refractivity contribution in [3.05, 3.63) is 29.6 Å². The van der Waals surface area contributed by atoms with Crippen molar-refractivity contribution in [2.75, 3.05) is 13.2 Å². The van der Waals surface area contributed by atoms with E-state index in [0.717, 1.165) is 24.9 Å². The molecule has 21 heavy (non-hydrogen) atoms. The number of nitrogens with one attached hydrogen (secondary N) is 1. The molecule has 120 valence electrons. The van der Waals surface area contributed by atoms with Crippen LogP contribution in [0.5, 0.6) is 5.75 Å². The van der Waals surface area contributed by atoms with E-state index < -0.39 is 0 Å². The van der Waals surface area contributed by atoms with Gasteiger partial charge in [0.15, 0.2) is 11.6 Å². The fourth-order valence-corrected chi connectivity index (χ4v) is 2.43. The number of hydrogen-bond donors (Lipinski definition) is 1. The van der Waals surface area contributed by atoms with Crippen LogP contribution in [0.1, 0.15) is 65.0 Å². The van der Waals surface area contributed by atoms with Crippen LogP contribution >= 0.6 is 0 Å². The van der Waals surface area contributed by atoms with Crippen molar-refractivity contribution < 1.29 is 9.13 Å². The molecule has 0 amide bonds. The molecule has 0 fully saturated rings. The van der Waals surface area contributed by atoms with Crippen LogP contribution in [0.3, 0.4) is 0 Å². The molecule has 0 radical (unpaired) electrons. The summed E-state index contributed by atoms with van der Waals surface area (Å²) in [4.78, 5) is 0. The number of rotatable bonds is 10. The summed E-state index contributed by atoms with van der Waals surface area (Å²) in [5.41, 5.74) is 0.958. The summed E-state index contributed by atoms with van der Waals surface area (Å²) < 4.78 is 19.8. The quantitative estimate of drug-likeness (QED) is 0.649. The Morgan fingerprint density at radius 2 is 2.00 bits per heavy atom. The summed E-state index contributed by atoms with van der Waals surface area (Å²) >= 11 is 0. The Morgan fingerprint density at radius 3 is 2.57 bits per heavy atom. The molecule has 0 saturated carbocycles. The lowest BCUT2D eigenvalue weighted by Crippen LogP contribution is -2.18. The Kier molecular flexibility index (Phi) is 8.36. The van der Waals surface area contributed by atoms with Crippen LogP contribution in [0.2, 0.25) is 0 Å². The predicted octanol–water partition coefficient (Wildman–Crippen LogP) is 5.09. The number of unbranched alkanes of at least 4 members (excludes halogenated alkanes) is 1. The lowest BCUT2D eigenvalue weighted by Gasteiger charge is -2.17. The molecular formula is C18H30FNO. The molecule has 1 aromatic rings. The molecule has 2 atom stereocenters. The van der Waals surface area contributed by atoms with Crippen LogP contribution in [-0.4, -0.2) is 13.2 Å². The van der Waals surface area contributed by atoms with Crippen LogP contribution in [0, 0.1) is 11.7 Å². The smallest absolute Gasteiger partial charge is 0.165 e. The summed E-state index contributed by atoms with van der Waals surface area (Å²) in [6, 6.07) is 5.44. The molecule has 0 aliphatic heterocycles. The van der Waals surface area contributed by atoms with Crippen LogP contribution in [-0.2, 0) is 0 Å². The molecule has 0 heterocycles. The van der Waals surface area contributed by atoms with Gasteiger partial charge in [-0.05, 0) is 43.5 Å². The molecule has 0 saturated heterocycles. The third-order valence-corrected chi connectivity index (χ3v) is 3.98. The number of benzene rings is 1. The summed E-state index contributed by atoms with van der Waals surface area (Å²) in [6.07, 6.45) is 4.65. The van der Waals surface area contributed by atoms with Gasteiger partial charge in [-0.2, -0.15) is 0 Å². The van der Waals surface area contributed by atoms with Gasteiger partial charge in [0.2, 0.25) is 0 Å². The van der Waals surface area contributed by atoms with Gasteiger partial charge in [-0.1, -0.05) is 46.1 Å². The van der Waals surface area contributed by atoms with Gasteiger partial charge in [-0.3, -0.25) is 0 Å². The van der Waals surface area contributed by atoms with Gasteiger partial charge in [0.05, 0.1) is 6.61 Å². The highest BCUT2D eigenvalue weighted by Crippen LogP contribution is 2.23. The highest BCUT2D eigenvalue weighted by atomic mass is 19.1. The first-order valence-electron chi connectivity index (χ1n) is 8.27. The van der Waals surface area contributed by atoms with E-state index in [1.165, 1.54) is 12.8 Å². The van der Waals surface area contributed by atoms with E-state index in [1.807, 2.05) is 19.9 Å². The molecule has 1 N–H and O–H groups in total. The Bertz CT molecular complexity index is 408. The van der Waals surface area contributed by atoms with Crippen molar-refractivity contribution in [2.45, 2.75) is 59.4 Å². The van der Waals surface area contributed by atoms with Crippen molar-refractivity contribution in [1.29, 1.82) is 0 Å². The maximum atomic E-state index is 14.1. The maximum Gasteiger partial charge on any atom is 0.165 e. The lowest BCUT2D eigenvalue weighted by molar-refractivity contribution is 0.225. The topological polar surface area (TPSA) is 21.3 Å². The van der Waals surface area contributed by atoms with E-state index >= 15 is 0 Å². The Hall–Kier alpha value is -1.09. The minimum Gasteiger partial charge on any atom is -0.490 e. The fraction of sp³-hybridized carbons (Fsp3) is 0.667. The van der Waals surface area contributed by atoms with Gasteiger partial charge in [0.1, 0.15) is 0 Å². The summed E-state index contributed by atoms with van der Waals surface area (Å²) in [6.45, 7) is 9.92. The Labute approximate surface area is 129 Å². The average molecular weight is 295 g/mol. The fourth-order valence-electron chi connectivity index (χ4n) is 2.43. The zero-order valence-corrected chi connectivity index (χ0v) is 13.9. The maximum absolute atomic E-state index is 14.1. The third kappa shape index (κ3) is 6.04. The molecule has 1 rings (SSSR count). The van der Waals surface area contributed by atoms with Crippen LogP contribution in [0.25, 0.3) is 0 Å². The number of ether oxygens (including phenoxy) is 1. The third-order valence-electron chi connectivity index (χ3n) is 3.98. The molecule has 1 aromatic carbocycles. The molecule has 2 unspecified atom stereocenters. The van der Waals surface area contributed by atoms with Crippen molar-refractivity contribution in [1.82, 2.24) is 5.32 Å². The number of halogens is 1. The average Bonchev–Trinajstić information content (AvgIpc) is 2.48. The van der Waals surface area contributed by atoms with E-state index in [2.05, 4.69) is 19.2 Å². The van der Waals surface area contributed by atoms with Gasteiger partial charge >= 0.3 is 0 Å². The van der Waals surface area contributed by atoms with Crippen LogP contribution < -0.4 is 10.1 Å². The van der Waals surface area contributed by atoms with Gasteiger partial charge in [-0.25, -0.2) is 4.39 Å². The van der Waals surface area contributed by atoms with E-state index in [4.69, 9.17) is 4.74 Å². The van der Waals surface area contributed by atoms with Crippen LogP contribution in [0.15, 0.2) is 18.2 Å². The second-order valence-electron chi connectivity index (χ2n) is 5.70. The van der Waals surface area contributed by atoms with Gasteiger partial charge in [0, 0.05) is 6.04 Å². The van der Waals surface area contributed by atoms with E-state index in [9.17, 15) is 4.39 Å². The summed E-state index contributed by atoms with van der Waals surface area (Å²) in [5.74, 6) is 0.629. The van der Waals surface area contributed by atoms with Crippen molar-refractivity contribution >= 4 is 0 Å². The van der Waals surface area contributed by atoms with Gasteiger partial charge in [0.25, 0.3) is 0 Å². The SMILES string of the molecule is CCCCC(CC)COc1ccc(C(C)NCC)cc1F. The van der Waals surface area contributed by atoms with Crippen LogP contribution in [0.4, 0.5) is 4.39 Å². The Morgan fingerprint density at radius 1 is 1.24 bits per heavy atom. The molecule has 0 aliphatic rings. The predicted molar refractivity (Wildman–Crippen MR) is 87.3 cm³/mol. The molecule has 0 aromatic heterocycles. The highest BCUT2D eigenvalue weighted by Gasteiger charge is 2.12. The zero-order valence-electron chi connectivity index (χ0n) is 13.9. The largest absolute Gasteiger partial charge is 0.490 e. The molecular weight excluding hydrogens is 265 g/mol. The number of hydrogen-bond acceptors (Lipinski definition) is 2. The molecule has 3 heteroatoms. The first-order valence-corrected chi connectivity index (χ1v) is 8.27. The second-order valence-corrected chi connectivity index (χ2v) is 5.70. The normalized spacial score (nSPS) is 14.0. The standard InChI is InChI=1S/C18H30FNO/c1-5-8-9-15(6-2)13-21-18-11-10-16(12-17(18)19)14(4)20-7-3/h10-12,14-15,20H,5-9,13H2,1-4H3. The van der Waals surface area contributed by atoms with Crippen molar-refractivity contribution in [3.8, 4) is 5.75 Å². The van der Waals surface area contributed by atoms with Crippen molar-refractivity contribution in [3.63, 3.8) is 0 Å². The van der Waals surface area contributed by atoms with E-state index in [0.29, 0.717) is 18.3 Å². The van der Waals surface area contributed by atoms with E-state index in [1.54, 1.807) is 12.1 Å². The molecule has 0 bridgehead atoms. The van der Waals surface area contributed by atoms with Gasteiger partial charge < -0.3 is 10.1 Å².